The van der Waals surface area contributed by atoms with Crippen LogP contribution in [0.3, 0.4) is 0 Å². The minimum absolute atomic E-state index is 0.0318. The Morgan fingerprint density at radius 2 is 2.22 bits per heavy atom. The van der Waals surface area contributed by atoms with Crippen LogP contribution in [-0.4, -0.2) is 12.5 Å². The molecule has 2 nitrogen and oxygen atoms in total. The van der Waals surface area contributed by atoms with Gasteiger partial charge in [0.2, 0.25) is 0 Å². The van der Waals surface area contributed by atoms with E-state index >= 15 is 0 Å². The molecule has 0 saturated heterocycles. The van der Waals surface area contributed by atoms with Crippen molar-refractivity contribution in [1.82, 2.24) is 5.32 Å². The van der Waals surface area contributed by atoms with E-state index in [1.54, 1.807) is 11.3 Å². The fraction of sp³-hybridized carbons (Fsp3) is 0.154. The molecule has 2 rings (SSSR count). The van der Waals surface area contributed by atoms with E-state index in [0.717, 1.165) is 14.5 Å². The number of halogens is 2. The monoisotopic (exact) mass is 435 g/mol. The van der Waals surface area contributed by atoms with Gasteiger partial charge in [0.1, 0.15) is 0 Å². The maximum Gasteiger partial charge on any atom is 0.252 e. The highest BCUT2D eigenvalue weighted by atomic mass is 127. The first-order valence-electron chi connectivity index (χ1n) is 5.41. The number of carbonyl (C=O) groups excluding carboxylic acids is 1. The van der Waals surface area contributed by atoms with Crippen LogP contribution >= 0.6 is 49.9 Å². The maximum absolute atomic E-state index is 12.0. The summed E-state index contributed by atoms with van der Waals surface area (Å²) >= 11 is 7.28. The zero-order valence-electron chi connectivity index (χ0n) is 9.45. The fourth-order valence-corrected chi connectivity index (χ4v) is 3.14. The van der Waals surface area contributed by atoms with Crippen LogP contribution in [0.1, 0.15) is 15.9 Å². The predicted molar refractivity (Wildman–Crippen MR) is 87.2 cm³/mol. The van der Waals surface area contributed by atoms with Gasteiger partial charge in [-0.3, -0.25) is 4.79 Å². The fourth-order valence-electron chi connectivity index (χ4n) is 1.52. The summed E-state index contributed by atoms with van der Waals surface area (Å²) in [6, 6.07) is 7.82. The molecule has 5 heteroatoms. The Morgan fingerprint density at radius 1 is 1.39 bits per heavy atom. The molecule has 1 aromatic heterocycles. The molecule has 0 spiro atoms. The van der Waals surface area contributed by atoms with Gasteiger partial charge in [0.05, 0.1) is 5.56 Å². The highest BCUT2D eigenvalue weighted by Gasteiger charge is 2.09. The molecule has 0 fully saturated rings. The van der Waals surface area contributed by atoms with Gasteiger partial charge in [-0.05, 0) is 85.5 Å². The zero-order valence-corrected chi connectivity index (χ0v) is 14.0. The second-order valence-electron chi connectivity index (χ2n) is 3.76. The van der Waals surface area contributed by atoms with Crippen molar-refractivity contribution in [3.05, 3.63) is 54.2 Å². The third-order valence-corrected chi connectivity index (χ3v) is 4.55. The molecule has 94 valence electrons. The Labute approximate surface area is 132 Å². The Morgan fingerprint density at radius 3 is 2.94 bits per heavy atom. The van der Waals surface area contributed by atoms with Crippen molar-refractivity contribution in [1.29, 1.82) is 0 Å². The molecule has 1 heterocycles. The highest BCUT2D eigenvalue weighted by molar-refractivity contribution is 14.1. The quantitative estimate of drug-likeness (QED) is 0.720. The summed E-state index contributed by atoms with van der Waals surface area (Å²) < 4.78 is 1.88. The maximum atomic E-state index is 12.0. The van der Waals surface area contributed by atoms with Crippen LogP contribution in [0.5, 0.6) is 0 Å². The first-order chi connectivity index (χ1) is 8.66. The topological polar surface area (TPSA) is 29.1 Å². The van der Waals surface area contributed by atoms with Gasteiger partial charge in [-0.25, -0.2) is 0 Å². The molecule has 0 bridgehead atoms. The Balaban J connectivity index is 1.93. The third kappa shape index (κ3) is 3.80. The van der Waals surface area contributed by atoms with Crippen LogP contribution in [0.2, 0.25) is 0 Å². The van der Waals surface area contributed by atoms with Gasteiger partial charge in [-0.15, -0.1) is 0 Å². The van der Waals surface area contributed by atoms with E-state index in [9.17, 15) is 4.79 Å². The van der Waals surface area contributed by atoms with Crippen molar-refractivity contribution >= 4 is 55.8 Å². The number of rotatable bonds is 4. The van der Waals surface area contributed by atoms with E-state index in [-0.39, 0.29) is 5.91 Å². The van der Waals surface area contributed by atoms with Gasteiger partial charge in [0.25, 0.3) is 5.91 Å². The van der Waals surface area contributed by atoms with Crippen molar-refractivity contribution < 1.29 is 4.79 Å². The number of benzene rings is 1. The van der Waals surface area contributed by atoms with Crippen LogP contribution in [-0.2, 0) is 6.42 Å². The predicted octanol–water partition coefficient (Wildman–Crippen LogP) is 4.09. The van der Waals surface area contributed by atoms with E-state index in [1.807, 2.05) is 23.6 Å². The number of hydrogen-bond donors (Lipinski definition) is 1. The summed E-state index contributed by atoms with van der Waals surface area (Å²) in [6.45, 7) is 0.660. The lowest BCUT2D eigenvalue weighted by atomic mass is 10.2. The van der Waals surface area contributed by atoms with E-state index in [2.05, 4.69) is 55.3 Å². The van der Waals surface area contributed by atoms with Gasteiger partial charge in [0, 0.05) is 14.6 Å². The third-order valence-electron chi connectivity index (χ3n) is 2.45. The Kier molecular flexibility index (Phi) is 5.20. The first kappa shape index (κ1) is 14.0. The van der Waals surface area contributed by atoms with Crippen molar-refractivity contribution in [3.63, 3.8) is 0 Å². The molecule has 0 unspecified atom stereocenters. The van der Waals surface area contributed by atoms with E-state index in [1.165, 1.54) is 5.56 Å². The smallest absolute Gasteiger partial charge is 0.252 e. The minimum atomic E-state index is -0.0318. The minimum Gasteiger partial charge on any atom is -0.352 e. The molecule has 1 N–H and O–H groups in total. The molecular weight excluding hydrogens is 425 g/mol. The molecule has 0 aliphatic rings. The summed E-state index contributed by atoms with van der Waals surface area (Å²) in [7, 11) is 0. The molecule has 0 radical (unpaired) electrons. The van der Waals surface area contributed by atoms with Gasteiger partial charge in [-0.2, -0.15) is 11.3 Å². The number of carbonyl (C=O) groups is 1. The standard InChI is InChI=1S/C13H11BrINOS/c14-12-2-1-10(15)7-11(12)13(17)16-5-3-9-4-6-18-8-9/h1-2,4,6-8H,3,5H2,(H,16,17). The Hall–Kier alpha value is -0.400. The van der Waals surface area contributed by atoms with E-state index < -0.39 is 0 Å². The lowest BCUT2D eigenvalue weighted by molar-refractivity contribution is 0.0953. The summed E-state index contributed by atoms with van der Waals surface area (Å²) in [5.41, 5.74) is 1.95. The van der Waals surface area contributed by atoms with Crippen molar-refractivity contribution in [2.45, 2.75) is 6.42 Å². The molecule has 0 aliphatic heterocycles. The van der Waals surface area contributed by atoms with Crippen LogP contribution in [0.4, 0.5) is 0 Å². The summed E-state index contributed by atoms with van der Waals surface area (Å²) in [4.78, 5) is 12.0. The molecule has 2 aromatic rings. The summed E-state index contributed by atoms with van der Waals surface area (Å²) in [5.74, 6) is -0.0318. The average molecular weight is 436 g/mol. The summed E-state index contributed by atoms with van der Waals surface area (Å²) in [5, 5.41) is 7.09. The second kappa shape index (κ2) is 6.68. The zero-order chi connectivity index (χ0) is 13.0. The molecule has 1 amide bonds. The molecule has 0 atom stereocenters. The second-order valence-corrected chi connectivity index (χ2v) is 6.64. The summed E-state index contributed by atoms with van der Waals surface area (Å²) in [6.07, 6.45) is 0.872. The molecule has 0 aliphatic carbocycles. The number of hydrogen-bond acceptors (Lipinski definition) is 2. The van der Waals surface area contributed by atoms with Crippen molar-refractivity contribution in [2.24, 2.45) is 0 Å². The van der Waals surface area contributed by atoms with Crippen LogP contribution in [0.15, 0.2) is 39.5 Å². The van der Waals surface area contributed by atoms with Crippen LogP contribution in [0, 0.1) is 3.57 Å². The number of nitrogens with one attached hydrogen (secondary N) is 1. The molecule has 0 saturated carbocycles. The highest BCUT2D eigenvalue weighted by Crippen LogP contribution is 2.19. The molecule has 1 aromatic carbocycles. The average Bonchev–Trinajstić information content (AvgIpc) is 2.85. The van der Waals surface area contributed by atoms with Gasteiger partial charge >= 0.3 is 0 Å². The van der Waals surface area contributed by atoms with Gasteiger partial charge in [-0.1, -0.05) is 0 Å². The molecular formula is C13H11BrINOS. The SMILES string of the molecule is O=C(NCCc1ccsc1)c1cc(I)ccc1Br. The van der Waals surface area contributed by atoms with E-state index in [4.69, 9.17) is 0 Å². The van der Waals surface area contributed by atoms with Crippen LogP contribution in [0.25, 0.3) is 0 Å². The van der Waals surface area contributed by atoms with Gasteiger partial charge in [0.15, 0.2) is 0 Å². The van der Waals surface area contributed by atoms with Crippen LogP contribution < -0.4 is 5.32 Å². The number of amides is 1. The first-order valence-corrected chi connectivity index (χ1v) is 8.22. The van der Waals surface area contributed by atoms with Gasteiger partial charge < -0.3 is 5.32 Å². The lowest BCUT2D eigenvalue weighted by Gasteiger charge is -2.06. The normalized spacial score (nSPS) is 10.3. The largest absolute Gasteiger partial charge is 0.352 e. The van der Waals surface area contributed by atoms with Crippen molar-refractivity contribution in [3.8, 4) is 0 Å². The van der Waals surface area contributed by atoms with E-state index in [0.29, 0.717) is 12.1 Å². The molecule has 18 heavy (non-hydrogen) atoms. The Bertz CT molecular complexity index is 542. The lowest BCUT2D eigenvalue weighted by Crippen LogP contribution is -2.26. The van der Waals surface area contributed by atoms with Crippen molar-refractivity contribution in [2.75, 3.05) is 6.54 Å². The number of thiophene rings is 1.